The van der Waals surface area contributed by atoms with Crippen LogP contribution in [0.25, 0.3) is 0 Å². The Morgan fingerprint density at radius 2 is 2.15 bits per heavy atom. The maximum absolute atomic E-state index is 3.52. The van der Waals surface area contributed by atoms with Gasteiger partial charge >= 0.3 is 0 Å². The molecule has 0 aromatic heterocycles. The largest absolute Gasteiger partial charge is 0.316 e. The first-order chi connectivity index (χ1) is 6.20. The van der Waals surface area contributed by atoms with E-state index in [2.05, 4.69) is 31.0 Å². The van der Waals surface area contributed by atoms with Gasteiger partial charge in [-0.05, 0) is 52.1 Å². The van der Waals surface area contributed by atoms with Crippen molar-refractivity contribution in [3.05, 3.63) is 0 Å². The lowest BCUT2D eigenvalue weighted by Crippen LogP contribution is -2.40. The predicted octanol–water partition coefficient (Wildman–Crippen LogP) is 1.32. The molecule has 76 valence electrons. The summed E-state index contributed by atoms with van der Waals surface area (Å²) < 4.78 is 0. The number of hydrogen-bond acceptors (Lipinski definition) is 2. The average Bonchev–Trinajstić information content (AvgIpc) is 2.45. The molecule has 2 heterocycles. The predicted molar refractivity (Wildman–Crippen MR) is 55.8 cm³/mol. The summed E-state index contributed by atoms with van der Waals surface area (Å²) in [6.07, 6.45) is 1.39. The van der Waals surface area contributed by atoms with E-state index >= 15 is 0 Å². The van der Waals surface area contributed by atoms with E-state index in [-0.39, 0.29) is 0 Å². The average molecular weight is 182 g/mol. The van der Waals surface area contributed by atoms with Crippen LogP contribution in [0.1, 0.15) is 27.2 Å². The molecule has 0 aromatic carbocycles. The number of nitrogens with zero attached hydrogens (tertiary/aromatic N) is 1. The van der Waals surface area contributed by atoms with Gasteiger partial charge in [0.05, 0.1) is 0 Å². The van der Waals surface area contributed by atoms with E-state index in [1.807, 2.05) is 0 Å². The highest BCUT2D eigenvalue weighted by atomic mass is 15.2. The van der Waals surface area contributed by atoms with Crippen LogP contribution in [0.2, 0.25) is 0 Å². The Labute approximate surface area is 81.7 Å². The summed E-state index contributed by atoms with van der Waals surface area (Å²) in [5, 5.41) is 3.52. The van der Waals surface area contributed by atoms with Crippen molar-refractivity contribution in [2.24, 2.45) is 11.8 Å². The molecule has 2 heteroatoms. The fraction of sp³-hybridized carbons (Fsp3) is 1.00. The van der Waals surface area contributed by atoms with Gasteiger partial charge in [-0.15, -0.1) is 0 Å². The van der Waals surface area contributed by atoms with Crippen molar-refractivity contribution in [2.75, 3.05) is 19.6 Å². The molecule has 0 bridgehead atoms. The van der Waals surface area contributed by atoms with Crippen LogP contribution < -0.4 is 5.32 Å². The molecule has 2 rings (SSSR count). The Morgan fingerprint density at radius 3 is 2.77 bits per heavy atom. The van der Waals surface area contributed by atoms with Crippen molar-refractivity contribution in [1.29, 1.82) is 0 Å². The molecule has 0 saturated carbocycles. The highest BCUT2D eigenvalue weighted by molar-refractivity contribution is 4.95. The van der Waals surface area contributed by atoms with Crippen molar-refractivity contribution < 1.29 is 0 Å². The zero-order chi connectivity index (χ0) is 9.42. The first-order valence-electron chi connectivity index (χ1n) is 5.66. The Morgan fingerprint density at radius 1 is 1.38 bits per heavy atom. The van der Waals surface area contributed by atoms with Gasteiger partial charge in [0.1, 0.15) is 0 Å². The standard InChI is InChI=1S/C11H22N2/c1-8(2)13-7-10-4-5-12-6-11(10)9(13)3/h8-12H,4-7H2,1-3H3. The van der Waals surface area contributed by atoms with Gasteiger partial charge in [0.2, 0.25) is 0 Å². The fourth-order valence-corrected chi connectivity index (χ4v) is 3.09. The maximum Gasteiger partial charge on any atom is 0.0113 e. The monoisotopic (exact) mass is 182 g/mol. The molecule has 0 amide bonds. The second-order valence-corrected chi connectivity index (χ2v) is 4.95. The summed E-state index contributed by atoms with van der Waals surface area (Å²) in [6.45, 7) is 10.9. The Kier molecular flexibility index (Phi) is 2.61. The van der Waals surface area contributed by atoms with Crippen LogP contribution >= 0.6 is 0 Å². The topological polar surface area (TPSA) is 15.3 Å². The van der Waals surface area contributed by atoms with Crippen LogP contribution in [0.3, 0.4) is 0 Å². The molecule has 2 nitrogen and oxygen atoms in total. The van der Waals surface area contributed by atoms with E-state index in [9.17, 15) is 0 Å². The maximum atomic E-state index is 3.52. The second kappa shape index (κ2) is 3.58. The van der Waals surface area contributed by atoms with E-state index in [0.717, 1.165) is 23.9 Å². The van der Waals surface area contributed by atoms with Crippen molar-refractivity contribution in [3.63, 3.8) is 0 Å². The summed E-state index contributed by atoms with van der Waals surface area (Å²) >= 11 is 0. The van der Waals surface area contributed by atoms with Crippen LogP contribution in [0.4, 0.5) is 0 Å². The summed E-state index contributed by atoms with van der Waals surface area (Å²) in [5.74, 6) is 1.88. The number of fused-ring (bicyclic) bond motifs is 1. The molecule has 3 atom stereocenters. The van der Waals surface area contributed by atoms with E-state index < -0.39 is 0 Å². The lowest BCUT2D eigenvalue weighted by molar-refractivity contribution is 0.194. The zero-order valence-electron chi connectivity index (χ0n) is 9.09. The van der Waals surface area contributed by atoms with Gasteiger partial charge in [-0.3, -0.25) is 4.90 Å². The minimum Gasteiger partial charge on any atom is -0.316 e. The van der Waals surface area contributed by atoms with Crippen LogP contribution in [0.5, 0.6) is 0 Å². The minimum atomic E-state index is 0.723. The molecule has 2 fully saturated rings. The van der Waals surface area contributed by atoms with Gasteiger partial charge in [-0.25, -0.2) is 0 Å². The van der Waals surface area contributed by atoms with Crippen molar-refractivity contribution >= 4 is 0 Å². The molecule has 2 aliphatic rings. The Balaban J connectivity index is 2.05. The number of piperidine rings is 1. The summed E-state index contributed by atoms with van der Waals surface area (Å²) in [4.78, 5) is 2.67. The van der Waals surface area contributed by atoms with Crippen molar-refractivity contribution in [3.8, 4) is 0 Å². The van der Waals surface area contributed by atoms with Gasteiger partial charge in [0.15, 0.2) is 0 Å². The third kappa shape index (κ3) is 1.62. The summed E-state index contributed by atoms with van der Waals surface area (Å²) in [5.41, 5.74) is 0. The van der Waals surface area contributed by atoms with E-state index in [4.69, 9.17) is 0 Å². The van der Waals surface area contributed by atoms with E-state index in [0.29, 0.717) is 0 Å². The minimum absolute atomic E-state index is 0.723. The van der Waals surface area contributed by atoms with Gasteiger partial charge in [0.25, 0.3) is 0 Å². The first kappa shape index (κ1) is 9.47. The van der Waals surface area contributed by atoms with Crippen LogP contribution in [-0.2, 0) is 0 Å². The summed E-state index contributed by atoms with van der Waals surface area (Å²) in [7, 11) is 0. The molecule has 3 unspecified atom stereocenters. The van der Waals surface area contributed by atoms with Gasteiger partial charge in [-0.1, -0.05) is 0 Å². The molecule has 1 N–H and O–H groups in total. The highest BCUT2D eigenvalue weighted by Crippen LogP contribution is 2.34. The lowest BCUT2D eigenvalue weighted by Gasteiger charge is -2.29. The number of nitrogens with one attached hydrogen (secondary N) is 1. The zero-order valence-corrected chi connectivity index (χ0v) is 9.09. The second-order valence-electron chi connectivity index (χ2n) is 4.95. The number of rotatable bonds is 1. The third-order valence-electron chi connectivity index (χ3n) is 3.93. The van der Waals surface area contributed by atoms with Crippen molar-refractivity contribution in [2.45, 2.75) is 39.3 Å². The van der Waals surface area contributed by atoms with E-state index in [1.54, 1.807) is 0 Å². The SMILES string of the molecule is CC(C)N1CC2CCNCC2C1C. The molecule has 0 radical (unpaired) electrons. The fourth-order valence-electron chi connectivity index (χ4n) is 3.09. The molecule has 2 aliphatic heterocycles. The smallest absolute Gasteiger partial charge is 0.0113 e. The van der Waals surface area contributed by atoms with Crippen LogP contribution in [-0.4, -0.2) is 36.6 Å². The van der Waals surface area contributed by atoms with Crippen molar-refractivity contribution in [1.82, 2.24) is 10.2 Å². The molecule has 0 spiro atoms. The third-order valence-corrected chi connectivity index (χ3v) is 3.93. The molecule has 2 saturated heterocycles. The number of likely N-dealkylation sites (tertiary alicyclic amines) is 1. The molecule has 0 aromatic rings. The summed E-state index contributed by atoms with van der Waals surface area (Å²) in [6, 6.07) is 1.51. The molecular weight excluding hydrogens is 160 g/mol. The highest BCUT2D eigenvalue weighted by Gasteiger charge is 2.40. The first-order valence-corrected chi connectivity index (χ1v) is 5.66. The Hall–Kier alpha value is -0.0800. The van der Waals surface area contributed by atoms with Crippen LogP contribution in [0, 0.1) is 11.8 Å². The van der Waals surface area contributed by atoms with Gasteiger partial charge in [-0.2, -0.15) is 0 Å². The normalized spacial score (nSPS) is 41.1. The van der Waals surface area contributed by atoms with Crippen LogP contribution in [0.15, 0.2) is 0 Å². The van der Waals surface area contributed by atoms with E-state index in [1.165, 1.54) is 26.1 Å². The number of hydrogen-bond donors (Lipinski definition) is 1. The quantitative estimate of drug-likeness (QED) is 0.658. The molecule has 0 aliphatic carbocycles. The van der Waals surface area contributed by atoms with Gasteiger partial charge < -0.3 is 5.32 Å². The molecular formula is C11H22N2. The van der Waals surface area contributed by atoms with Gasteiger partial charge in [0, 0.05) is 18.6 Å². The lowest BCUT2D eigenvalue weighted by atomic mass is 9.86. The molecule has 13 heavy (non-hydrogen) atoms. The Bertz CT molecular complexity index is 177.